The Balaban J connectivity index is 1.99. The summed E-state index contributed by atoms with van der Waals surface area (Å²) >= 11 is 1.76. The summed E-state index contributed by atoms with van der Waals surface area (Å²) in [6, 6.07) is 4.44. The van der Waals surface area contributed by atoms with E-state index in [1.165, 1.54) is 6.07 Å². The molecule has 2 rings (SSSR count). The standard InChI is InChI=1S/C12H15FN2OS/c1-8-6-9(2-3-10(8)13)15-12(16)11-7-17-5-4-14-11/h2-3,6,11,14H,4-5,7H2,1H3,(H,15,16). The molecule has 17 heavy (non-hydrogen) atoms. The highest BCUT2D eigenvalue weighted by Crippen LogP contribution is 2.15. The number of halogens is 1. The van der Waals surface area contributed by atoms with Gasteiger partial charge in [0.2, 0.25) is 5.91 Å². The zero-order valence-corrected chi connectivity index (χ0v) is 10.4. The molecule has 92 valence electrons. The van der Waals surface area contributed by atoms with Crippen LogP contribution >= 0.6 is 11.8 Å². The highest BCUT2D eigenvalue weighted by Gasteiger charge is 2.20. The molecule has 5 heteroatoms. The van der Waals surface area contributed by atoms with E-state index < -0.39 is 0 Å². The first-order chi connectivity index (χ1) is 8.16. The highest BCUT2D eigenvalue weighted by atomic mass is 32.2. The molecular formula is C12H15FN2OS. The summed E-state index contributed by atoms with van der Waals surface area (Å²) in [5, 5.41) is 5.96. The average Bonchev–Trinajstić information content (AvgIpc) is 2.35. The normalized spacial score (nSPS) is 20.0. The van der Waals surface area contributed by atoms with E-state index in [0.29, 0.717) is 11.3 Å². The third-order valence-electron chi connectivity index (χ3n) is 2.66. The molecule has 0 aromatic heterocycles. The highest BCUT2D eigenvalue weighted by molar-refractivity contribution is 7.99. The van der Waals surface area contributed by atoms with E-state index >= 15 is 0 Å². The first kappa shape index (κ1) is 12.4. The summed E-state index contributed by atoms with van der Waals surface area (Å²) in [5.74, 6) is 1.52. The summed E-state index contributed by atoms with van der Waals surface area (Å²) in [4.78, 5) is 11.9. The van der Waals surface area contributed by atoms with Crippen LogP contribution in [0.1, 0.15) is 5.56 Å². The van der Waals surface area contributed by atoms with Gasteiger partial charge in [0.15, 0.2) is 0 Å². The lowest BCUT2D eigenvalue weighted by molar-refractivity contribution is -0.117. The largest absolute Gasteiger partial charge is 0.325 e. The first-order valence-electron chi connectivity index (χ1n) is 5.55. The zero-order valence-electron chi connectivity index (χ0n) is 9.63. The van der Waals surface area contributed by atoms with Crippen molar-refractivity contribution in [3.05, 3.63) is 29.6 Å². The van der Waals surface area contributed by atoms with E-state index in [4.69, 9.17) is 0 Å². The van der Waals surface area contributed by atoms with Crippen molar-refractivity contribution >= 4 is 23.4 Å². The van der Waals surface area contributed by atoms with Crippen LogP contribution in [-0.4, -0.2) is 30.0 Å². The summed E-state index contributed by atoms with van der Waals surface area (Å²) in [7, 11) is 0. The minimum atomic E-state index is -0.255. The summed E-state index contributed by atoms with van der Waals surface area (Å²) in [6.07, 6.45) is 0. The number of thioether (sulfide) groups is 1. The van der Waals surface area contributed by atoms with Crippen molar-refractivity contribution < 1.29 is 9.18 Å². The van der Waals surface area contributed by atoms with Crippen LogP contribution in [0.5, 0.6) is 0 Å². The van der Waals surface area contributed by atoms with E-state index in [1.54, 1.807) is 30.8 Å². The van der Waals surface area contributed by atoms with Crippen LogP contribution in [0.25, 0.3) is 0 Å². The lowest BCUT2D eigenvalue weighted by atomic mass is 10.2. The molecule has 1 aromatic carbocycles. The molecule has 1 aromatic rings. The van der Waals surface area contributed by atoms with Gasteiger partial charge in [0.25, 0.3) is 0 Å². The molecule has 3 nitrogen and oxygen atoms in total. The van der Waals surface area contributed by atoms with Gasteiger partial charge in [0.1, 0.15) is 5.82 Å². The maximum Gasteiger partial charge on any atom is 0.242 e. The average molecular weight is 254 g/mol. The third-order valence-corrected chi connectivity index (χ3v) is 3.73. The minimum Gasteiger partial charge on any atom is -0.325 e. The summed E-state index contributed by atoms with van der Waals surface area (Å²) < 4.78 is 13.1. The Morgan fingerprint density at radius 3 is 3.06 bits per heavy atom. The molecule has 1 fully saturated rings. The van der Waals surface area contributed by atoms with E-state index in [2.05, 4.69) is 10.6 Å². The molecule has 1 heterocycles. The Morgan fingerprint density at radius 2 is 2.41 bits per heavy atom. The van der Waals surface area contributed by atoms with Crippen molar-refractivity contribution in [2.75, 3.05) is 23.4 Å². The Morgan fingerprint density at radius 1 is 1.59 bits per heavy atom. The molecular weight excluding hydrogens is 239 g/mol. The second-order valence-electron chi connectivity index (χ2n) is 4.03. The summed E-state index contributed by atoms with van der Waals surface area (Å²) in [6.45, 7) is 2.53. The number of rotatable bonds is 2. The molecule has 1 saturated heterocycles. The van der Waals surface area contributed by atoms with Gasteiger partial charge in [-0.15, -0.1) is 0 Å². The van der Waals surface area contributed by atoms with Gasteiger partial charge in [-0.25, -0.2) is 4.39 Å². The zero-order chi connectivity index (χ0) is 12.3. The van der Waals surface area contributed by atoms with Gasteiger partial charge < -0.3 is 10.6 Å². The fourth-order valence-corrected chi connectivity index (χ4v) is 2.62. The molecule has 0 radical (unpaired) electrons. The number of carbonyl (C=O) groups excluding carboxylic acids is 1. The summed E-state index contributed by atoms with van der Waals surface area (Å²) in [5.41, 5.74) is 1.18. The van der Waals surface area contributed by atoms with Gasteiger partial charge >= 0.3 is 0 Å². The smallest absolute Gasteiger partial charge is 0.242 e. The van der Waals surface area contributed by atoms with E-state index in [0.717, 1.165) is 18.1 Å². The van der Waals surface area contributed by atoms with Crippen LogP contribution in [0.4, 0.5) is 10.1 Å². The molecule has 1 aliphatic rings. The molecule has 1 amide bonds. The van der Waals surface area contributed by atoms with Gasteiger partial charge in [0.05, 0.1) is 6.04 Å². The number of carbonyl (C=O) groups is 1. The van der Waals surface area contributed by atoms with Crippen LogP contribution in [-0.2, 0) is 4.79 Å². The van der Waals surface area contributed by atoms with Crippen molar-refractivity contribution in [1.82, 2.24) is 5.32 Å². The SMILES string of the molecule is Cc1cc(NC(=O)C2CSCCN2)ccc1F. The van der Waals surface area contributed by atoms with E-state index in [1.807, 2.05) is 0 Å². The monoisotopic (exact) mass is 254 g/mol. The topological polar surface area (TPSA) is 41.1 Å². The number of aryl methyl sites for hydroxylation is 1. The van der Waals surface area contributed by atoms with Crippen molar-refractivity contribution in [3.63, 3.8) is 0 Å². The van der Waals surface area contributed by atoms with E-state index in [-0.39, 0.29) is 17.8 Å². The molecule has 0 saturated carbocycles. The third kappa shape index (κ3) is 3.20. The lowest BCUT2D eigenvalue weighted by Crippen LogP contribution is -2.46. The van der Waals surface area contributed by atoms with Crippen LogP contribution < -0.4 is 10.6 Å². The fourth-order valence-electron chi connectivity index (χ4n) is 1.69. The number of hydrogen-bond acceptors (Lipinski definition) is 3. The van der Waals surface area contributed by atoms with Crippen LogP contribution in [0, 0.1) is 12.7 Å². The maximum absolute atomic E-state index is 13.1. The van der Waals surface area contributed by atoms with Crippen LogP contribution in [0.2, 0.25) is 0 Å². The predicted octanol–water partition coefficient (Wildman–Crippen LogP) is 1.78. The van der Waals surface area contributed by atoms with Gasteiger partial charge in [-0.05, 0) is 30.7 Å². The molecule has 0 bridgehead atoms. The van der Waals surface area contributed by atoms with Gasteiger partial charge in [-0.3, -0.25) is 4.79 Å². The molecule has 1 aliphatic heterocycles. The number of benzene rings is 1. The molecule has 1 atom stereocenters. The number of amides is 1. The van der Waals surface area contributed by atoms with Crippen LogP contribution in [0.15, 0.2) is 18.2 Å². The predicted molar refractivity (Wildman–Crippen MR) is 68.9 cm³/mol. The van der Waals surface area contributed by atoms with Gasteiger partial charge in [0, 0.05) is 23.7 Å². The molecule has 2 N–H and O–H groups in total. The number of hydrogen-bond donors (Lipinski definition) is 2. The quantitative estimate of drug-likeness (QED) is 0.845. The van der Waals surface area contributed by atoms with Crippen molar-refractivity contribution in [2.45, 2.75) is 13.0 Å². The number of anilines is 1. The second kappa shape index (κ2) is 5.51. The van der Waals surface area contributed by atoms with Gasteiger partial charge in [-0.1, -0.05) is 0 Å². The molecule has 0 spiro atoms. The second-order valence-corrected chi connectivity index (χ2v) is 5.18. The van der Waals surface area contributed by atoms with Crippen molar-refractivity contribution in [3.8, 4) is 0 Å². The molecule has 1 unspecified atom stereocenters. The Kier molecular flexibility index (Phi) is 4.02. The Hall–Kier alpha value is -1.07. The molecule has 0 aliphatic carbocycles. The van der Waals surface area contributed by atoms with E-state index in [9.17, 15) is 9.18 Å². The van der Waals surface area contributed by atoms with Crippen LogP contribution in [0.3, 0.4) is 0 Å². The fraction of sp³-hybridized carbons (Fsp3) is 0.417. The number of nitrogens with one attached hydrogen (secondary N) is 2. The van der Waals surface area contributed by atoms with Crippen molar-refractivity contribution in [2.24, 2.45) is 0 Å². The van der Waals surface area contributed by atoms with Crippen molar-refractivity contribution in [1.29, 1.82) is 0 Å². The van der Waals surface area contributed by atoms with Gasteiger partial charge in [-0.2, -0.15) is 11.8 Å². The first-order valence-corrected chi connectivity index (χ1v) is 6.70. The maximum atomic E-state index is 13.1. The Labute approximate surface area is 104 Å². The minimum absolute atomic E-state index is 0.0526. The lowest BCUT2D eigenvalue weighted by Gasteiger charge is -2.22. The Bertz CT molecular complexity index is 419.